The molecule has 0 radical (unpaired) electrons. The zero-order chi connectivity index (χ0) is 32.0. The van der Waals surface area contributed by atoms with Crippen molar-refractivity contribution in [1.29, 1.82) is 0 Å². The predicted octanol–water partition coefficient (Wildman–Crippen LogP) is 1.82. The van der Waals surface area contributed by atoms with Gasteiger partial charge in [-0.2, -0.15) is 17.6 Å². The Morgan fingerprint density at radius 1 is 1.14 bits per heavy atom. The number of amides is 4. The van der Waals surface area contributed by atoms with Crippen molar-refractivity contribution in [1.82, 2.24) is 20.9 Å². The molecule has 0 unspecified atom stereocenters. The van der Waals surface area contributed by atoms with E-state index < -0.39 is 111 Å². The molecule has 0 aromatic carbocycles. The van der Waals surface area contributed by atoms with E-state index in [-0.39, 0.29) is 19.4 Å². The van der Waals surface area contributed by atoms with Crippen molar-refractivity contribution in [2.24, 2.45) is 23.2 Å². The minimum atomic E-state index is -5.33. The first-order chi connectivity index (χ1) is 19.0. The summed E-state index contributed by atoms with van der Waals surface area (Å²) < 4.78 is 106. The highest BCUT2D eigenvalue weighted by molar-refractivity contribution is 7.94. The van der Waals surface area contributed by atoms with Crippen LogP contribution in [-0.2, 0) is 29.0 Å². The Labute approximate surface area is 238 Å². The fourth-order valence-electron chi connectivity index (χ4n) is 5.78. The summed E-state index contributed by atoms with van der Waals surface area (Å²) in [5, 5.41) is 4.95. The van der Waals surface area contributed by atoms with E-state index in [0.29, 0.717) is 12.3 Å². The number of carbonyl (C=O) groups excluding carboxylic acids is 4. The van der Waals surface area contributed by atoms with Gasteiger partial charge in [0, 0.05) is 38.1 Å². The number of sulfone groups is 1. The van der Waals surface area contributed by atoms with Crippen molar-refractivity contribution in [3.63, 3.8) is 0 Å². The Balaban J connectivity index is 1.97. The fraction of sp³-hybridized carbons (Fsp3) is 0.760. The topological polar surface area (TPSA) is 142 Å². The van der Waals surface area contributed by atoms with E-state index in [1.807, 2.05) is 0 Å². The van der Waals surface area contributed by atoms with Crippen molar-refractivity contribution < 1.29 is 53.9 Å². The van der Waals surface area contributed by atoms with Crippen LogP contribution in [0.25, 0.3) is 0 Å². The van der Waals surface area contributed by atoms with Gasteiger partial charge in [0.15, 0.2) is 0 Å². The summed E-state index contributed by atoms with van der Waals surface area (Å²) >= 11 is 0. The molecule has 238 valence electrons. The van der Waals surface area contributed by atoms with E-state index in [1.165, 1.54) is 20.8 Å². The molecule has 3 N–H and O–H groups in total. The maximum atomic E-state index is 14.5. The van der Waals surface area contributed by atoms with Crippen LogP contribution < -0.4 is 16.0 Å². The van der Waals surface area contributed by atoms with Gasteiger partial charge in [-0.1, -0.05) is 20.8 Å². The highest BCUT2D eigenvalue weighted by atomic mass is 32.2. The van der Waals surface area contributed by atoms with Crippen LogP contribution in [0.1, 0.15) is 46.5 Å². The second-order valence-corrected chi connectivity index (χ2v) is 14.2. The zero-order valence-electron chi connectivity index (χ0n) is 23.4. The number of carbonyl (C=O) groups is 4. The van der Waals surface area contributed by atoms with Crippen molar-refractivity contribution in [2.45, 2.75) is 76.7 Å². The zero-order valence-corrected chi connectivity index (χ0v) is 24.2. The molecule has 3 fully saturated rings. The van der Waals surface area contributed by atoms with Gasteiger partial charge in [-0.15, -0.1) is 0 Å². The Kier molecular flexibility index (Phi) is 9.36. The SMILES string of the molecule is CC(C)(C)[C@H](NC(=O)C(F)(F)F)C(=O)N1C[C@H]2CC(F)(F)C[C@H]2[C@H]1C(=O)N[C@@H](/C=C(/F)S(C)(=O)=O)C[C@@H]1CCNC1=O. The average molecular weight is 633 g/mol. The molecule has 0 bridgehead atoms. The van der Waals surface area contributed by atoms with Gasteiger partial charge in [-0.3, -0.25) is 19.2 Å². The number of hydrogen-bond acceptors (Lipinski definition) is 6. The van der Waals surface area contributed by atoms with Gasteiger partial charge in [0.25, 0.3) is 0 Å². The molecule has 3 rings (SSSR count). The van der Waals surface area contributed by atoms with Crippen LogP contribution in [-0.4, -0.2) is 86.5 Å². The largest absolute Gasteiger partial charge is 0.471 e. The van der Waals surface area contributed by atoms with E-state index in [4.69, 9.17) is 0 Å². The fourth-order valence-corrected chi connectivity index (χ4v) is 6.19. The molecule has 42 heavy (non-hydrogen) atoms. The van der Waals surface area contributed by atoms with Crippen molar-refractivity contribution >= 4 is 33.5 Å². The van der Waals surface area contributed by atoms with E-state index in [0.717, 1.165) is 4.90 Å². The van der Waals surface area contributed by atoms with Crippen LogP contribution in [0.4, 0.5) is 26.3 Å². The molecule has 2 heterocycles. The lowest BCUT2D eigenvalue weighted by Gasteiger charge is -2.37. The lowest BCUT2D eigenvalue weighted by atomic mass is 9.85. The summed E-state index contributed by atoms with van der Waals surface area (Å²) in [6.45, 7) is 3.97. The number of nitrogens with one attached hydrogen (secondary N) is 3. The standard InChI is InChI=1S/C25H34F6N4O6S/c1-23(2,3)18(34-22(39)25(29,30)31)21(38)35-11-13-9-24(27,28)10-15(13)17(35)20(37)33-14(8-16(26)42(4,40)41)7-12-5-6-32-19(12)36/h8,12-15,17-18H,5-7,9-11H2,1-4H3,(H,32,36)(H,33,37)(H,34,39)/b16-8-/t12-,13+,14+,15+,17-,18+/m0/s1. The quantitative estimate of drug-likeness (QED) is 0.349. The predicted molar refractivity (Wildman–Crippen MR) is 136 cm³/mol. The van der Waals surface area contributed by atoms with Gasteiger partial charge >= 0.3 is 12.1 Å². The molecule has 1 saturated carbocycles. The van der Waals surface area contributed by atoms with Crippen LogP contribution in [0.2, 0.25) is 0 Å². The molecule has 17 heteroatoms. The molecule has 0 spiro atoms. The molecule has 1 aliphatic carbocycles. The first-order valence-corrected chi connectivity index (χ1v) is 15.1. The summed E-state index contributed by atoms with van der Waals surface area (Å²) in [5.74, 6) is -11.0. The van der Waals surface area contributed by atoms with Crippen molar-refractivity contribution in [2.75, 3.05) is 19.3 Å². The molecular formula is C25H34F6N4O6S. The summed E-state index contributed by atoms with van der Waals surface area (Å²) in [7, 11) is -4.36. The second kappa shape index (κ2) is 11.7. The number of likely N-dealkylation sites (tertiary alicyclic amines) is 1. The number of alkyl halides is 5. The third-order valence-corrected chi connectivity index (χ3v) is 8.63. The minimum Gasteiger partial charge on any atom is -0.356 e. The maximum Gasteiger partial charge on any atom is 0.471 e. The van der Waals surface area contributed by atoms with E-state index in [2.05, 4.69) is 10.6 Å². The molecule has 0 aromatic rings. The van der Waals surface area contributed by atoms with Crippen LogP contribution in [0.15, 0.2) is 11.2 Å². The van der Waals surface area contributed by atoms with Crippen LogP contribution in [0.3, 0.4) is 0 Å². The van der Waals surface area contributed by atoms with Gasteiger partial charge in [0.05, 0.1) is 6.04 Å². The number of nitrogens with zero attached hydrogens (tertiary/aromatic N) is 1. The molecule has 4 amide bonds. The average Bonchev–Trinajstić information content (AvgIpc) is 3.45. The van der Waals surface area contributed by atoms with Gasteiger partial charge < -0.3 is 20.9 Å². The second-order valence-electron chi connectivity index (χ2n) is 12.3. The summed E-state index contributed by atoms with van der Waals surface area (Å²) in [6.07, 6.45) is -5.67. The summed E-state index contributed by atoms with van der Waals surface area (Å²) in [5.41, 5.74) is -1.31. The van der Waals surface area contributed by atoms with E-state index >= 15 is 0 Å². The van der Waals surface area contributed by atoms with Gasteiger partial charge in [-0.05, 0) is 36.2 Å². The lowest BCUT2D eigenvalue weighted by molar-refractivity contribution is -0.176. The highest BCUT2D eigenvalue weighted by Crippen LogP contribution is 2.50. The Hall–Kier alpha value is -2.85. The smallest absolute Gasteiger partial charge is 0.356 e. The number of rotatable bonds is 8. The highest BCUT2D eigenvalue weighted by Gasteiger charge is 2.59. The first kappa shape index (κ1) is 33.6. The van der Waals surface area contributed by atoms with Crippen molar-refractivity contribution in [3.8, 4) is 0 Å². The molecule has 2 aliphatic heterocycles. The Morgan fingerprint density at radius 3 is 2.26 bits per heavy atom. The van der Waals surface area contributed by atoms with Crippen LogP contribution in [0.5, 0.6) is 0 Å². The normalized spacial score (nSPS) is 27.7. The molecule has 10 nitrogen and oxygen atoms in total. The minimum absolute atomic E-state index is 0.252. The monoisotopic (exact) mass is 632 g/mol. The summed E-state index contributed by atoms with van der Waals surface area (Å²) in [6, 6.07) is -4.87. The number of fused-ring (bicyclic) bond motifs is 1. The maximum absolute atomic E-state index is 14.5. The number of hydrogen-bond donors (Lipinski definition) is 3. The third kappa shape index (κ3) is 7.75. The van der Waals surface area contributed by atoms with E-state index in [1.54, 1.807) is 5.32 Å². The molecular weight excluding hydrogens is 598 g/mol. The Morgan fingerprint density at radius 2 is 1.76 bits per heavy atom. The van der Waals surface area contributed by atoms with Crippen LogP contribution in [0, 0.1) is 23.2 Å². The molecule has 0 aromatic heterocycles. The third-order valence-electron chi connectivity index (χ3n) is 7.79. The van der Waals surface area contributed by atoms with Crippen molar-refractivity contribution in [3.05, 3.63) is 11.2 Å². The molecule has 6 atom stereocenters. The van der Waals surface area contributed by atoms with Gasteiger partial charge in [-0.25, -0.2) is 17.2 Å². The van der Waals surface area contributed by atoms with Gasteiger partial charge in [0.2, 0.25) is 38.6 Å². The lowest BCUT2D eigenvalue weighted by Crippen LogP contribution is -2.60. The first-order valence-electron chi connectivity index (χ1n) is 13.2. The number of halogens is 6. The van der Waals surface area contributed by atoms with Gasteiger partial charge in [0.1, 0.15) is 12.1 Å². The van der Waals surface area contributed by atoms with E-state index in [9.17, 15) is 53.9 Å². The summed E-state index contributed by atoms with van der Waals surface area (Å²) in [4.78, 5) is 52.0. The van der Waals surface area contributed by atoms with Crippen LogP contribution >= 0.6 is 0 Å². The Bertz CT molecular complexity index is 1250. The molecule has 3 aliphatic rings. The molecule has 2 saturated heterocycles.